The molecule has 1 aliphatic rings. The van der Waals surface area contributed by atoms with Crippen molar-refractivity contribution in [2.75, 3.05) is 0 Å². The third-order valence-corrected chi connectivity index (χ3v) is 4.97. The normalized spacial score (nSPS) is 20.0. The Morgan fingerprint density at radius 1 is 0.880 bits per heavy atom. The van der Waals surface area contributed by atoms with Crippen LogP contribution in [0.15, 0.2) is 48.5 Å². The maximum Gasteiger partial charge on any atom is 0.336 e. The fraction of sp³-hybridized carbons (Fsp3) is 0.333. The lowest BCUT2D eigenvalue weighted by Gasteiger charge is -2.27. The molecular formula is C21H23NO3. The zero-order chi connectivity index (χ0) is 17.8. The molecule has 0 unspecified atom stereocenters. The van der Waals surface area contributed by atoms with Gasteiger partial charge >= 0.3 is 5.97 Å². The molecule has 0 spiro atoms. The van der Waals surface area contributed by atoms with Crippen LogP contribution < -0.4 is 5.32 Å². The molecule has 1 fully saturated rings. The van der Waals surface area contributed by atoms with Crippen LogP contribution in [0.25, 0.3) is 11.1 Å². The summed E-state index contributed by atoms with van der Waals surface area (Å²) >= 11 is 0. The fourth-order valence-electron chi connectivity index (χ4n) is 3.49. The highest BCUT2D eigenvalue weighted by Crippen LogP contribution is 2.28. The van der Waals surface area contributed by atoms with Crippen LogP contribution in [0.3, 0.4) is 0 Å². The Morgan fingerprint density at radius 2 is 1.40 bits per heavy atom. The summed E-state index contributed by atoms with van der Waals surface area (Å²) in [6, 6.07) is 14.2. The number of carbonyl (C=O) groups is 2. The second-order valence-corrected chi connectivity index (χ2v) is 6.83. The van der Waals surface area contributed by atoms with Crippen molar-refractivity contribution >= 4 is 11.9 Å². The number of aromatic carboxylic acids is 1. The van der Waals surface area contributed by atoms with Gasteiger partial charge in [0.25, 0.3) is 5.91 Å². The van der Waals surface area contributed by atoms with Crippen LogP contribution in [0.5, 0.6) is 0 Å². The average Bonchev–Trinajstić information content (AvgIpc) is 2.63. The molecule has 0 heterocycles. The molecule has 4 heteroatoms. The first kappa shape index (κ1) is 17.2. The highest BCUT2D eigenvalue weighted by atomic mass is 16.4. The van der Waals surface area contributed by atoms with E-state index in [1.807, 2.05) is 12.1 Å². The van der Waals surface area contributed by atoms with Gasteiger partial charge in [-0.05, 0) is 54.9 Å². The molecule has 2 N–H and O–H groups in total. The number of hydrogen-bond acceptors (Lipinski definition) is 2. The minimum absolute atomic E-state index is 0.129. The van der Waals surface area contributed by atoms with Crippen molar-refractivity contribution in [2.45, 2.75) is 38.6 Å². The molecule has 3 rings (SSSR count). The van der Waals surface area contributed by atoms with Gasteiger partial charge in [-0.25, -0.2) is 4.79 Å². The molecule has 130 valence electrons. The summed E-state index contributed by atoms with van der Waals surface area (Å²) in [5.41, 5.74) is 1.95. The zero-order valence-corrected chi connectivity index (χ0v) is 14.4. The molecule has 0 aliphatic heterocycles. The molecule has 25 heavy (non-hydrogen) atoms. The first-order valence-electron chi connectivity index (χ1n) is 8.79. The first-order valence-corrected chi connectivity index (χ1v) is 8.79. The lowest BCUT2D eigenvalue weighted by atomic mass is 9.87. The SMILES string of the molecule is CC1CCC(NC(=O)c2ccccc2-c2ccccc2C(=O)O)CC1. The van der Waals surface area contributed by atoms with Crippen molar-refractivity contribution in [1.82, 2.24) is 5.32 Å². The fourth-order valence-corrected chi connectivity index (χ4v) is 3.49. The highest BCUT2D eigenvalue weighted by Gasteiger charge is 2.22. The summed E-state index contributed by atoms with van der Waals surface area (Å²) in [6.07, 6.45) is 4.27. The molecule has 2 aromatic rings. The van der Waals surface area contributed by atoms with Crippen molar-refractivity contribution < 1.29 is 14.7 Å². The number of hydrogen-bond donors (Lipinski definition) is 2. The Hall–Kier alpha value is -2.62. The molecule has 2 aromatic carbocycles. The third kappa shape index (κ3) is 3.90. The van der Waals surface area contributed by atoms with Gasteiger partial charge < -0.3 is 10.4 Å². The average molecular weight is 337 g/mol. The minimum atomic E-state index is -0.993. The van der Waals surface area contributed by atoms with Gasteiger partial charge in [-0.15, -0.1) is 0 Å². The van der Waals surface area contributed by atoms with E-state index < -0.39 is 5.97 Å². The Bertz CT molecular complexity index is 776. The van der Waals surface area contributed by atoms with Crippen molar-refractivity contribution in [3.8, 4) is 11.1 Å². The summed E-state index contributed by atoms with van der Waals surface area (Å²) in [4.78, 5) is 24.3. The van der Waals surface area contributed by atoms with Gasteiger partial charge in [-0.2, -0.15) is 0 Å². The van der Waals surface area contributed by atoms with Crippen LogP contribution in [0.1, 0.15) is 53.3 Å². The summed E-state index contributed by atoms with van der Waals surface area (Å²) < 4.78 is 0. The Balaban J connectivity index is 1.89. The second kappa shape index (κ2) is 7.51. The zero-order valence-electron chi connectivity index (χ0n) is 14.4. The molecule has 1 saturated carbocycles. The maximum absolute atomic E-state index is 12.8. The van der Waals surface area contributed by atoms with Crippen molar-refractivity contribution in [1.29, 1.82) is 0 Å². The van der Waals surface area contributed by atoms with E-state index in [4.69, 9.17) is 0 Å². The lowest BCUT2D eigenvalue weighted by molar-refractivity contribution is 0.0697. The quantitative estimate of drug-likeness (QED) is 0.871. The topological polar surface area (TPSA) is 66.4 Å². The molecule has 0 aromatic heterocycles. The predicted octanol–water partition coefficient (Wildman–Crippen LogP) is 4.36. The standard InChI is InChI=1S/C21H23NO3/c1-14-10-12-15(13-11-14)22-20(23)18-8-4-2-6-16(18)17-7-3-5-9-19(17)21(24)25/h2-9,14-15H,10-13H2,1H3,(H,22,23)(H,24,25). The van der Waals surface area contributed by atoms with Gasteiger partial charge in [0.1, 0.15) is 0 Å². The predicted molar refractivity (Wildman–Crippen MR) is 97.7 cm³/mol. The van der Waals surface area contributed by atoms with E-state index in [9.17, 15) is 14.7 Å². The van der Waals surface area contributed by atoms with E-state index >= 15 is 0 Å². The summed E-state index contributed by atoms with van der Waals surface area (Å²) in [5.74, 6) is -0.398. The number of nitrogens with one attached hydrogen (secondary N) is 1. The Labute approximate surface area is 147 Å². The number of rotatable bonds is 4. The summed E-state index contributed by atoms with van der Waals surface area (Å²) in [6.45, 7) is 2.25. The van der Waals surface area contributed by atoms with Crippen LogP contribution in [0, 0.1) is 5.92 Å². The molecule has 1 amide bonds. The van der Waals surface area contributed by atoms with E-state index in [2.05, 4.69) is 12.2 Å². The van der Waals surface area contributed by atoms with Gasteiger partial charge in [0.05, 0.1) is 5.56 Å². The number of amides is 1. The minimum Gasteiger partial charge on any atom is -0.478 e. The van der Waals surface area contributed by atoms with Crippen LogP contribution >= 0.6 is 0 Å². The molecule has 0 saturated heterocycles. The van der Waals surface area contributed by atoms with Gasteiger partial charge in [0.2, 0.25) is 0 Å². The Morgan fingerprint density at radius 3 is 2.00 bits per heavy atom. The maximum atomic E-state index is 12.8. The highest BCUT2D eigenvalue weighted by molar-refractivity contribution is 6.04. The van der Waals surface area contributed by atoms with Gasteiger partial charge in [-0.1, -0.05) is 43.3 Å². The first-order chi connectivity index (χ1) is 12.1. The number of carboxylic acids is 1. The lowest BCUT2D eigenvalue weighted by Crippen LogP contribution is -2.37. The van der Waals surface area contributed by atoms with E-state index in [0.717, 1.165) is 31.6 Å². The van der Waals surface area contributed by atoms with Gasteiger partial charge in [-0.3, -0.25) is 4.79 Å². The van der Waals surface area contributed by atoms with Crippen molar-refractivity contribution in [3.63, 3.8) is 0 Å². The Kier molecular flexibility index (Phi) is 5.17. The van der Waals surface area contributed by atoms with Crippen molar-refractivity contribution in [3.05, 3.63) is 59.7 Å². The monoisotopic (exact) mass is 337 g/mol. The van der Waals surface area contributed by atoms with Crippen molar-refractivity contribution in [2.24, 2.45) is 5.92 Å². The van der Waals surface area contributed by atoms with E-state index in [-0.39, 0.29) is 17.5 Å². The number of benzene rings is 2. The van der Waals surface area contributed by atoms with E-state index in [1.54, 1.807) is 36.4 Å². The summed E-state index contributed by atoms with van der Waals surface area (Å²) in [7, 11) is 0. The number of carboxylic acid groups (broad SMARTS) is 1. The molecular weight excluding hydrogens is 314 g/mol. The smallest absolute Gasteiger partial charge is 0.336 e. The third-order valence-electron chi connectivity index (χ3n) is 4.97. The van der Waals surface area contributed by atoms with E-state index in [1.165, 1.54) is 0 Å². The molecule has 4 nitrogen and oxygen atoms in total. The van der Waals surface area contributed by atoms with Crippen LogP contribution in [-0.4, -0.2) is 23.0 Å². The van der Waals surface area contributed by atoms with Gasteiger partial charge in [0, 0.05) is 11.6 Å². The van der Waals surface area contributed by atoms with E-state index in [0.29, 0.717) is 16.7 Å². The second-order valence-electron chi connectivity index (χ2n) is 6.83. The van der Waals surface area contributed by atoms with Crippen LogP contribution in [0.2, 0.25) is 0 Å². The number of carbonyl (C=O) groups excluding carboxylic acids is 1. The van der Waals surface area contributed by atoms with Crippen LogP contribution in [-0.2, 0) is 0 Å². The molecule has 1 aliphatic carbocycles. The molecule has 0 atom stereocenters. The molecule has 0 bridgehead atoms. The van der Waals surface area contributed by atoms with Crippen LogP contribution in [0.4, 0.5) is 0 Å². The molecule has 0 radical (unpaired) electrons. The van der Waals surface area contributed by atoms with Gasteiger partial charge in [0.15, 0.2) is 0 Å². The summed E-state index contributed by atoms with van der Waals surface area (Å²) in [5, 5.41) is 12.6. The largest absolute Gasteiger partial charge is 0.478 e.